The Balaban J connectivity index is 1.51. The van der Waals surface area contributed by atoms with Crippen LogP contribution in [0.1, 0.15) is 18.1 Å². The number of halogens is 1. The first-order valence-corrected chi connectivity index (χ1v) is 11.0. The van der Waals surface area contributed by atoms with Crippen LogP contribution in [0.25, 0.3) is 0 Å². The van der Waals surface area contributed by atoms with Crippen molar-refractivity contribution in [3.8, 4) is 5.75 Å². The van der Waals surface area contributed by atoms with Gasteiger partial charge in [-0.15, -0.1) is 10.2 Å². The van der Waals surface area contributed by atoms with Gasteiger partial charge in [0, 0.05) is 17.3 Å². The van der Waals surface area contributed by atoms with Gasteiger partial charge in [-0.3, -0.25) is 4.79 Å². The number of hydrogen-bond acceptors (Lipinski definition) is 7. The molecule has 29 heavy (non-hydrogen) atoms. The highest BCUT2D eigenvalue weighted by molar-refractivity contribution is 8.02. The number of carbonyl (C=O) groups is 1. The number of nitrogens with one attached hydrogen (secondary N) is 2. The van der Waals surface area contributed by atoms with Crippen LogP contribution in [0.5, 0.6) is 5.75 Å². The van der Waals surface area contributed by atoms with E-state index in [9.17, 15) is 4.79 Å². The van der Waals surface area contributed by atoms with Crippen LogP contribution in [0.2, 0.25) is 5.02 Å². The number of anilines is 2. The summed E-state index contributed by atoms with van der Waals surface area (Å²) >= 11 is 8.92. The molecule has 1 atom stereocenters. The number of aromatic nitrogens is 2. The third-order valence-corrected chi connectivity index (χ3v) is 6.53. The Morgan fingerprint density at radius 1 is 1.24 bits per heavy atom. The Morgan fingerprint density at radius 2 is 2.00 bits per heavy atom. The molecule has 1 amide bonds. The molecule has 3 aromatic rings. The minimum Gasteiger partial charge on any atom is -0.497 e. The standard InChI is InChI=1S/C20H21ClN4O2S2/c1-12-4-7-15(10-17(12)21)23-19-24-25-20(29-19)28-13(2)18(26)22-11-14-5-8-16(27-3)9-6-14/h4-10,13H,11H2,1-3H3,(H,22,26)(H,23,24). The Kier molecular flexibility index (Phi) is 7.35. The van der Waals surface area contributed by atoms with E-state index in [4.69, 9.17) is 16.3 Å². The number of rotatable bonds is 8. The minimum atomic E-state index is -0.289. The van der Waals surface area contributed by atoms with Gasteiger partial charge >= 0.3 is 0 Å². The zero-order valence-electron chi connectivity index (χ0n) is 16.2. The first-order chi connectivity index (χ1) is 13.9. The lowest BCUT2D eigenvalue weighted by Gasteiger charge is -2.10. The van der Waals surface area contributed by atoms with Crippen LogP contribution in [0.4, 0.5) is 10.8 Å². The summed E-state index contributed by atoms with van der Waals surface area (Å²) in [5.41, 5.74) is 2.87. The average molecular weight is 449 g/mol. The topological polar surface area (TPSA) is 76.1 Å². The molecule has 1 unspecified atom stereocenters. The highest BCUT2D eigenvalue weighted by Crippen LogP contribution is 2.31. The fourth-order valence-corrected chi connectivity index (χ4v) is 4.50. The molecule has 1 heterocycles. The molecule has 6 nitrogen and oxygen atoms in total. The summed E-state index contributed by atoms with van der Waals surface area (Å²) in [5.74, 6) is 0.735. The zero-order valence-corrected chi connectivity index (χ0v) is 18.6. The summed E-state index contributed by atoms with van der Waals surface area (Å²) < 4.78 is 5.86. The van der Waals surface area contributed by atoms with Crippen LogP contribution < -0.4 is 15.4 Å². The largest absolute Gasteiger partial charge is 0.497 e. The third kappa shape index (κ3) is 6.09. The van der Waals surface area contributed by atoms with Gasteiger partial charge in [0.1, 0.15) is 5.75 Å². The quantitative estimate of drug-likeness (QED) is 0.469. The van der Waals surface area contributed by atoms with Crippen molar-refractivity contribution in [2.45, 2.75) is 30.0 Å². The lowest BCUT2D eigenvalue weighted by Crippen LogP contribution is -2.30. The lowest BCUT2D eigenvalue weighted by molar-refractivity contribution is -0.120. The molecule has 0 aliphatic heterocycles. The van der Waals surface area contributed by atoms with Gasteiger partial charge in [-0.1, -0.05) is 52.9 Å². The number of ether oxygens (including phenoxy) is 1. The molecule has 0 radical (unpaired) electrons. The molecule has 2 N–H and O–H groups in total. The van der Waals surface area contributed by atoms with Crippen LogP contribution in [-0.4, -0.2) is 28.5 Å². The van der Waals surface area contributed by atoms with E-state index in [1.165, 1.54) is 23.1 Å². The molecule has 9 heteroatoms. The highest BCUT2D eigenvalue weighted by atomic mass is 35.5. The third-order valence-electron chi connectivity index (χ3n) is 4.10. The second-order valence-electron chi connectivity index (χ2n) is 6.29. The average Bonchev–Trinajstić information content (AvgIpc) is 3.16. The summed E-state index contributed by atoms with van der Waals surface area (Å²) in [4.78, 5) is 12.4. The second kappa shape index (κ2) is 9.96. The summed E-state index contributed by atoms with van der Waals surface area (Å²) in [6.07, 6.45) is 0. The molecule has 0 spiro atoms. The first kappa shape index (κ1) is 21.4. The Bertz CT molecular complexity index is 979. The Morgan fingerprint density at radius 3 is 2.69 bits per heavy atom. The number of benzene rings is 2. The molecule has 152 valence electrons. The maximum absolute atomic E-state index is 12.4. The van der Waals surface area contributed by atoms with E-state index in [-0.39, 0.29) is 11.2 Å². The second-order valence-corrected chi connectivity index (χ2v) is 9.26. The van der Waals surface area contributed by atoms with Crippen LogP contribution in [0.3, 0.4) is 0 Å². The summed E-state index contributed by atoms with van der Waals surface area (Å²) in [7, 11) is 1.63. The predicted molar refractivity (Wildman–Crippen MR) is 120 cm³/mol. The molecule has 0 aliphatic rings. The Hall–Kier alpha value is -2.29. The van der Waals surface area contributed by atoms with Crippen LogP contribution >= 0.6 is 34.7 Å². The monoisotopic (exact) mass is 448 g/mol. The van der Waals surface area contributed by atoms with Crippen molar-refractivity contribution in [3.05, 3.63) is 58.6 Å². The molecule has 0 saturated carbocycles. The van der Waals surface area contributed by atoms with Crippen molar-refractivity contribution in [1.82, 2.24) is 15.5 Å². The lowest BCUT2D eigenvalue weighted by atomic mass is 10.2. The van der Waals surface area contributed by atoms with Crippen molar-refractivity contribution in [3.63, 3.8) is 0 Å². The van der Waals surface area contributed by atoms with Gasteiger partial charge in [0.2, 0.25) is 11.0 Å². The van der Waals surface area contributed by atoms with E-state index in [2.05, 4.69) is 20.8 Å². The summed E-state index contributed by atoms with van der Waals surface area (Å²) in [6, 6.07) is 13.3. The van der Waals surface area contributed by atoms with Gasteiger partial charge in [-0.2, -0.15) is 0 Å². The number of carbonyl (C=O) groups excluding carboxylic acids is 1. The SMILES string of the molecule is COc1ccc(CNC(=O)C(C)Sc2nnc(Nc3ccc(C)c(Cl)c3)s2)cc1. The molecule has 0 fully saturated rings. The maximum atomic E-state index is 12.4. The van der Waals surface area contributed by atoms with Gasteiger partial charge in [0.25, 0.3) is 0 Å². The number of amides is 1. The van der Waals surface area contributed by atoms with Gasteiger partial charge < -0.3 is 15.4 Å². The van der Waals surface area contributed by atoms with Crippen molar-refractivity contribution < 1.29 is 9.53 Å². The van der Waals surface area contributed by atoms with Gasteiger partial charge in [0.15, 0.2) is 4.34 Å². The van der Waals surface area contributed by atoms with E-state index in [0.29, 0.717) is 16.7 Å². The number of nitrogens with zero attached hydrogens (tertiary/aromatic N) is 2. The van der Waals surface area contributed by atoms with Crippen LogP contribution in [0.15, 0.2) is 46.8 Å². The Labute approximate surface area is 183 Å². The van der Waals surface area contributed by atoms with Crippen molar-refractivity contribution in [1.29, 1.82) is 0 Å². The molecular formula is C20H21ClN4O2S2. The molecule has 1 aromatic heterocycles. The van der Waals surface area contributed by atoms with Crippen LogP contribution in [0, 0.1) is 6.92 Å². The predicted octanol–water partition coefficient (Wildman–Crippen LogP) is 5.05. The summed E-state index contributed by atoms with van der Waals surface area (Å²) in [6.45, 7) is 4.26. The molecule has 2 aromatic carbocycles. The van der Waals surface area contributed by atoms with E-state index in [1.54, 1.807) is 7.11 Å². The zero-order chi connectivity index (χ0) is 20.8. The minimum absolute atomic E-state index is 0.0548. The van der Waals surface area contributed by atoms with E-state index < -0.39 is 0 Å². The van der Waals surface area contributed by atoms with E-state index in [0.717, 1.165) is 26.9 Å². The van der Waals surface area contributed by atoms with Crippen molar-refractivity contribution in [2.24, 2.45) is 0 Å². The van der Waals surface area contributed by atoms with Crippen LogP contribution in [-0.2, 0) is 11.3 Å². The fourth-order valence-electron chi connectivity index (χ4n) is 2.38. The number of aryl methyl sites for hydroxylation is 1. The van der Waals surface area contributed by atoms with Crippen molar-refractivity contribution in [2.75, 3.05) is 12.4 Å². The van der Waals surface area contributed by atoms with Crippen molar-refractivity contribution >= 4 is 51.4 Å². The first-order valence-electron chi connectivity index (χ1n) is 8.88. The van der Waals surface area contributed by atoms with Gasteiger partial charge in [-0.05, 0) is 49.2 Å². The number of methoxy groups -OCH3 is 1. The number of hydrogen-bond donors (Lipinski definition) is 2. The van der Waals surface area contributed by atoms with Gasteiger partial charge in [0.05, 0.1) is 12.4 Å². The smallest absolute Gasteiger partial charge is 0.233 e. The number of thioether (sulfide) groups is 1. The molecule has 0 saturated heterocycles. The molecule has 0 aliphatic carbocycles. The van der Waals surface area contributed by atoms with Gasteiger partial charge in [-0.25, -0.2) is 0 Å². The molecule has 3 rings (SSSR count). The van der Waals surface area contributed by atoms with E-state index >= 15 is 0 Å². The normalized spacial score (nSPS) is 11.7. The summed E-state index contributed by atoms with van der Waals surface area (Å²) in [5, 5.41) is 15.5. The molecular weight excluding hydrogens is 428 g/mol. The maximum Gasteiger partial charge on any atom is 0.233 e. The highest BCUT2D eigenvalue weighted by Gasteiger charge is 2.17. The van der Waals surface area contributed by atoms with E-state index in [1.807, 2.05) is 56.3 Å². The fraction of sp³-hybridized carbons (Fsp3) is 0.250. The molecule has 0 bridgehead atoms.